The SMILES string of the molecule is Cc1cccc(N(C)c2cccc(O)c2)c1C. The molecule has 0 aromatic heterocycles. The summed E-state index contributed by atoms with van der Waals surface area (Å²) in [6.45, 7) is 4.22. The summed E-state index contributed by atoms with van der Waals surface area (Å²) in [5.41, 5.74) is 4.68. The van der Waals surface area contributed by atoms with Crippen LogP contribution in [0.4, 0.5) is 11.4 Å². The number of aromatic hydroxyl groups is 1. The molecule has 17 heavy (non-hydrogen) atoms. The fraction of sp³-hybridized carbons (Fsp3) is 0.200. The van der Waals surface area contributed by atoms with Gasteiger partial charge in [0.15, 0.2) is 0 Å². The van der Waals surface area contributed by atoms with Crippen LogP contribution in [0, 0.1) is 13.8 Å². The first-order valence-corrected chi connectivity index (χ1v) is 5.68. The Bertz CT molecular complexity index is 534. The first kappa shape index (κ1) is 11.5. The van der Waals surface area contributed by atoms with Crippen molar-refractivity contribution in [2.75, 3.05) is 11.9 Å². The molecule has 2 aromatic carbocycles. The van der Waals surface area contributed by atoms with Gasteiger partial charge in [0.05, 0.1) is 0 Å². The number of anilines is 2. The standard InChI is InChI=1S/C15H17NO/c1-11-6-4-9-15(12(11)2)16(3)13-7-5-8-14(17)10-13/h4-10,17H,1-3H3. The van der Waals surface area contributed by atoms with E-state index in [4.69, 9.17) is 0 Å². The highest BCUT2D eigenvalue weighted by Crippen LogP contribution is 2.29. The van der Waals surface area contributed by atoms with Gasteiger partial charge in [-0.25, -0.2) is 0 Å². The molecule has 2 rings (SSSR count). The largest absolute Gasteiger partial charge is 0.508 e. The highest BCUT2D eigenvalue weighted by Gasteiger charge is 2.08. The van der Waals surface area contributed by atoms with Crippen LogP contribution in [0.1, 0.15) is 11.1 Å². The van der Waals surface area contributed by atoms with Crippen molar-refractivity contribution in [3.8, 4) is 5.75 Å². The zero-order valence-corrected chi connectivity index (χ0v) is 10.4. The zero-order chi connectivity index (χ0) is 12.4. The third-order valence-electron chi connectivity index (χ3n) is 3.15. The van der Waals surface area contributed by atoms with Crippen LogP contribution in [0.3, 0.4) is 0 Å². The normalized spacial score (nSPS) is 10.3. The van der Waals surface area contributed by atoms with Crippen molar-refractivity contribution < 1.29 is 5.11 Å². The Labute approximate surface area is 102 Å². The number of hydrogen-bond acceptors (Lipinski definition) is 2. The fourth-order valence-corrected chi connectivity index (χ4v) is 1.94. The van der Waals surface area contributed by atoms with Crippen molar-refractivity contribution >= 4 is 11.4 Å². The lowest BCUT2D eigenvalue weighted by Gasteiger charge is -2.22. The molecule has 0 amide bonds. The zero-order valence-electron chi connectivity index (χ0n) is 10.4. The topological polar surface area (TPSA) is 23.5 Å². The van der Waals surface area contributed by atoms with Crippen LogP contribution >= 0.6 is 0 Å². The molecule has 0 fully saturated rings. The van der Waals surface area contributed by atoms with E-state index in [1.54, 1.807) is 12.1 Å². The fourth-order valence-electron chi connectivity index (χ4n) is 1.94. The molecule has 2 nitrogen and oxygen atoms in total. The quantitative estimate of drug-likeness (QED) is 0.844. The van der Waals surface area contributed by atoms with E-state index in [0.717, 1.165) is 11.4 Å². The maximum Gasteiger partial charge on any atom is 0.117 e. The van der Waals surface area contributed by atoms with Crippen molar-refractivity contribution in [3.05, 3.63) is 53.6 Å². The van der Waals surface area contributed by atoms with Crippen molar-refractivity contribution in [3.63, 3.8) is 0 Å². The Morgan fingerprint density at radius 2 is 1.71 bits per heavy atom. The minimum atomic E-state index is 0.291. The summed E-state index contributed by atoms with van der Waals surface area (Å²) in [5.74, 6) is 0.291. The van der Waals surface area contributed by atoms with Gasteiger partial charge in [0.2, 0.25) is 0 Å². The number of aryl methyl sites for hydroxylation is 1. The van der Waals surface area contributed by atoms with Crippen molar-refractivity contribution in [1.82, 2.24) is 0 Å². The molecular formula is C15H17NO. The number of rotatable bonds is 2. The molecule has 2 heteroatoms. The Morgan fingerprint density at radius 3 is 2.41 bits per heavy atom. The van der Waals surface area contributed by atoms with Crippen molar-refractivity contribution in [2.24, 2.45) is 0 Å². The van der Waals surface area contributed by atoms with Crippen LogP contribution in [0.5, 0.6) is 5.75 Å². The molecule has 0 aliphatic heterocycles. The monoisotopic (exact) mass is 227 g/mol. The average molecular weight is 227 g/mol. The molecule has 0 spiro atoms. The third-order valence-corrected chi connectivity index (χ3v) is 3.15. The molecule has 88 valence electrons. The molecule has 0 heterocycles. The summed E-state index contributed by atoms with van der Waals surface area (Å²) in [6.07, 6.45) is 0. The predicted octanol–water partition coefficient (Wildman–Crippen LogP) is 3.78. The Morgan fingerprint density at radius 1 is 1.00 bits per heavy atom. The predicted molar refractivity (Wildman–Crippen MR) is 72.1 cm³/mol. The van der Waals surface area contributed by atoms with Gasteiger partial charge in [-0.3, -0.25) is 0 Å². The van der Waals surface area contributed by atoms with E-state index >= 15 is 0 Å². The number of phenols is 1. The van der Waals surface area contributed by atoms with E-state index in [9.17, 15) is 5.11 Å². The number of nitrogens with zero attached hydrogens (tertiary/aromatic N) is 1. The lowest BCUT2D eigenvalue weighted by Crippen LogP contribution is -2.11. The van der Waals surface area contributed by atoms with E-state index in [1.807, 2.05) is 19.2 Å². The van der Waals surface area contributed by atoms with Gasteiger partial charge in [-0.05, 0) is 43.2 Å². The number of benzene rings is 2. The molecule has 0 saturated heterocycles. The molecule has 0 aliphatic carbocycles. The van der Waals surface area contributed by atoms with Crippen molar-refractivity contribution in [1.29, 1.82) is 0 Å². The Balaban J connectivity index is 2.44. The minimum Gasteiger partial charge on any atom is -0.508 e. The van der Waals surface area contributed by atoms with Gasteiger partial charge in [0.25, 0.3) is 0 Å². The second-order valence-electron chi connectivity index (χ2n) is 4.30. The highest BCUT2D eigenvalue weighted by molar-refractivity contribution is 5.67. The maximum absolute atomic E-state index is 9.51. The van der Waals surface area contributed by atoms with Crippen LogP contribution in [-0.2, 0) is 0 Å². The van der Waals surface area contributed by atoms with Gasteiger partial charge in [-0.15, -0.1) is 0 Å². The molecule has 0 unspecified atom stereocenters. The number of phenolic OH excluding ortho intramolecular Hbond substituents is 1. The van der Waals surface area contributed by atoms with E-state index in [0.29, 0.717) is 5.75 Å². The van der Waals surface area contributed by atoms with Crippen molar-refractivity contribution in [2.45, 2.75) is 13.8 Å². The Hall–Kier alpha value is -1.96. The van der Waals surface area contributed by atoms with Gasteiger partial charge in [-0.2, -0.15) is 0 Å². The third kappa shape index (κ3) is 2.26. The molecule has 0 radical (unpaired) electrons. The summed E-state index contributed by atoms with van der Waals surface area (Å²) < 4.78 is 0. The molecule has 2 aromatic rings. The molecule has 0 atom stereocenters. The number of hydrogen-bond donors (Lipinski definition) is 1. The molecular weight excluding hydrogens is 210 g/mol. The lowest BCUT2D eigenvalue weighted by atomic mass is 10.1. The maximum atomic E-state index is 9.51. The summed E-state index contributed by atoms with van der Waals surface area (Å²) in [7, 11) is 2.01. The summed E-state index contributed by atoms with van der Waals surface area (Å²) >= 11 is 0. The van der Waals surface area contributed by atoms with Gasteiger partial charge >= 0.3 is 0 Å². The summed E-state index contributed by atoms with van der Waals surface area (Å²) in [4.78, 5) is 2.09. The van der Waals surface area contributed by atoms with E-state index in [1.165, 1.54) is 11.1 Å². The molecule has 0 saturated carbocycles. The van der Waals surface area contributed by atoms with E-state index in [-0.39, 0.29) is 0 Å². The van der Waals surface area contributed by atoms with Crippen LogP contribution in [0.25, 0.3) is 0 Å². The average Bonchev–Trinajstić information content (AvgIpc) is 2.32. The first-order chi connectivity index (χ1) is 8.09. The molecule has 1 N–H and O–H groups in total. The van der Waals surface area contributed by atoms with Crippen LogP contribution < -0.4 is 4.90 Å². The highest BCUT2D eigenvalue weighted by atomic mass is 16.3. The summed E-state index contributed by atoms with van der Waals surface area (Å²) in [5, 5.41) is 9.51. The first-order valence-electron chi connectivity index (χ1n) is 5.68. The van der Waals surface area contributed by atoms with Gasteiger partial charge in [-0.1, -0.05) is 18.2 Å². The van der Waals surface area contributed by atoms with Gasteiger partial charge < -0.3 is 10.0 Å². The van der Waals surface area contributed by atoms with Gasteiger partial charge in [0, 0.05) is 24.5 Å². The van der Waals surface area contributed by atoms with Gasteiger partial charge in [0.1, 0.15) is 5.75 Å². The lowest BCUT2D eigenvalue weighted by molar-refractivity contribution is 0.475. The summed E-state index contributed by atoms with van der Waals surface area (Å²) in [6, 6.07) is 13.5. The van der Waals surface area contributed by atoms with Crippen LogP contribution in [-0.4, -0.2) is 12.2 Å². The molecule has 0 bridgehead atoms. The molecule has 0 aliphatic rings. The second-order valence-corrected chi connectivity index (χ2v) is 4.30. The minimum absolute atomic E-state index is 0.291. The van der Waals surface area contributed by atoms with E-state index < -0.39 is 0 Å². The van der Waals surface area contributed by atoms with E-state index in [2.05, 4.69) is 36.9 Å². The Kier molecular flexibility index (Phi) is 3.05. The second kappa shape index (κ2) is 4.50. The van der Waals surface area contributed by atoms with Crippen LogP contribution in [0.15, 0.2) is 42.5 Å². The van der Waals surface area contributed by atoms with Crippen LogP contribution in [0.2, 0.25) is 0 Å². The smallest absolute Gasteiger partial charge is 0.117 e.